The number of ether oxygens (including phenoxy) is 2. The molecule has 0 aromatic heterocycles. The Morgan fingerprint density at radius 2 is 1.95 bits per heavy atom. The summed E-state index contributed by atoms with van der Waals surface area (Å²) in [5.74, 6) is 0.0313. The van der Waals surface area contributed by atoms with E-state index in [-0.39, 0.29) is 12.1 Å². The Morgan fingerprint density at radius 3 is 2.47 bits per heavy atom. The molecule has 0 radical (unpaired) electrons. The zero-order chi connectivity index (χ0) is 14.9. The van der Waals surface area contributed by atoms with Gasteiger partial charge in [0.05, 0.1) is 19.3 Å². The van der Waals surface area contributed by atoms with E-state index in [4.69, 9.17) is 9.47 Å². The van der Waals surface area contributed by atoms with Gasteiger partial charge in [-0.3, -0.25) is 0 Å². The molecule has 0 heterocycles. The van der Waals surface area contributed by atoms with Crippen molar-refractivity contribution in [3.8, 4) is 0 Å². The molecule has 0 aromatic carbocycles. The Labute approximate surface area is 117 Å². The minimum absolute atomic E-state index is 0.206. The van der Waals surface area contributed by atoms with E-state index in [1.807, 2.05) is 13.8 Å². The molecule has 0 amide bonds. The lowest BCUT2D eigenvalue weighted by Crippen LogP contribution is -2.39. The van der Waals surface area contributed by atoms with Crippen molar-refractivity contribution in [3.05, 3.63) is 0 Å². The zero-order valence-electron chi connectivity index (χ0n) is 13.1. The Bertz CT molecular complexity index is 251. The molecule has 0 saturated heterocycles. The van der Waals surface area contributed by atoms with Gasteiger partial charge in [-0.2, -0.15) is 0 Å². The van der Waals surface area contributed by atoms with Crippen LogP contribution in [0.5, 0.6) is 0 Å². The number of hydrogen-bond donors (Lipinski definition) is 1. The summed E-state index contributed by atoms with van der Waals surface area (Å²) in [5, 5.41) is 9.56. The first kappa shape index (κ1) is 18.4. The second-order valence-corrected chi connectivity index (χ2v) is 5.23. The number of aliphatic hydroxyl groups is 1. The molecule has 0 unspecified atom stereocenters. The predicted octanol–water partition coefficient (Wildman–Crippen LogP) is 2.92. The quantitative estimate of drug-likeness (QED) is 0.783. The molecule has 1 aliphatic rings. The van der Waals surface area contributed by atoms with Gasteiger partial charge in [0, 0.05) is 0 Å². The van der Waals surface area contributed by atoms with Gasteiger partial charge in [0.25, 0.3) is 0 Å². The maximum absolute atomic E-state index is 11.6. The van der Waals surface area contributed by atoms with Gasteiger partial charge in [0.2, 0.25) is 0 Å². The lowest BCUT2D eigenvalue weighted by atomic mass is 9.88. The first-order valence-electron chi connectivity index (χ1n) is 7.45. The van der Waals surface area contributed by atoms with E-state index in [1.54, 1.807) is 20.8 Å². The van der Waals surface area contributed by atoms with Gasteiger partial charge in [-0.25, -0.2) is 4.79 Å². The Morgan fingerprint density at radius 1 is 1.32 bits per heavy atom. The van der Waals surface area contributed by atoms with Crippen LogP contribution in [0.25, 0.3) is 0 Å². The first-order valence-corrected chi connectivity index (χ1v) is 7.45. The van der Waals surface area contributed by atoms with E-state index in [0.29, 0.717) is 19.1 Å². The molecule has 1 saturated carbocycles. The molecule has 19 heavy (non-hydrogen) atoms. The summed E-state index contributed by atoms with van der Waals surface area (Å²) in [6.45, 7) is 10.1. The molecule has 1 N–H and O–H groups in total. The van der Waals surface area contributed by atoms with Crippen molar-refractivity contribution in [2.75, 3.05) is 13.2 Å². The fourth-order valence-corrected chi connectivity index (χ4v) is 2.10. The number of carbonyl (C=O) groups is 1. The fourth-order valence-electron chi connectivity index (χ4n) is 2.10. The molecule has 0 aromatic rings. The van der Waals surface area contributed by atoms with Crippen molar-refractivity contribution >= 4 is 5.97 Å². The Balaban J connectivity index is 0.00000154. The third kappa shape index (κ3) is 6.92. The molecule has 0 aliphatic heterocycles. The molecule has 0 spiro atoms. The molecule has 114 valence electrons. The highest BCUT2D eigenvalue weighted by atomic mass is 16.6. The van der Waals surface area contributed by atoms with Crippen LogP contribution in [0.15, 0.2) is 0 Å². The topological polar surface area (TPSA) is 55.8 Å². The fraction of sp³-hybridized carbons (Fsp3) is 0.933. The van der Waals surface area contributed by atoms with Crippen LogP contribution in [0.3, 0.4) is 0 Å². The highest BCUT2D eigenvalue weighted by Crippen LogP contribution is 2.26. The van der Waals surface area contributed by atoms with E-state index >= 15 is 0 Å². The average molecular weight is 274 g/mol. The van der Waals surface area contributed by atoms with Crippen LogP contribution in [-0.4, -0.2) is 36.0 Å². The minimum Gasteiger partial charge on any atom is -0.464 e. The van der Waals surface area contributed by atoms with E-state index < -0.39 is 5.60 Å². The zero-order valence-corrected chi connectivity index (χ0v) is 13.1. The van der Waals surface area contributed by atoms with Crippen molar-refractivity contribution in [1.29, 1.82) is 0 Å². The molecule has 1 rings (SSSR count). The predicted molar refractivity (Wildman–Crippen MR) is 76.0 cm³/mol. The third-order valence-corrected chi connectivity index (χ3v) is 3.20. The number of esters is 1. The van der Waals surface area contributed by atoms with Gasteiger partial charge < -0.3 is 14.6 Å². The van der Waals surface area contributed by atoms with Crippen molar-refractivity contribution in [3.63, 3.8) is 0 Å². The van der Waals surface area contributed by atoms with Crippen LogP contribution < -0.4 is 0 Å². The number of aliphatic hydroxyl groups excluding tert-OH is 1. The van der Waals surface area contributed by atoms with Gasteiger partial charge in [0.15, 0.2) is 5.60 Å². The summed E-state index contributed by atoms with van der Waals surface area (Å²) in [6.07, 6.45) is 3.56. The second kappa shape index (κ2) is 9.32. The molecule has 0 bridgehead atoms. The normalized spacial score (nSPS) is 23.3. The maximum Gasteiger partial charge on any atom is 0.337 e. The Hall–Kier alpha value is -0.610. The summed E-state index contributed by atoms with van der Waals surface area (Å²) in [5.41, 5.74) is -0.890. The number of rotatable bonds is 5. The highest BCUT2D eigenvalue weighted by molar-refractivity contribution is 5.78. The molecule has 1 aliphatic carbocycles. The van der Waals surface area contributed by atoms with Crippen LogP contribution >= 0.6 is 0 Å². The average Bonchev–Trinajstić information content (AvgIpc) is 2.39. The van der Waals surface area contributed by atoms with Crippen LogP contribution in [0.2, 0.25) is 0 Å². The van der Waals surface area contributed by atoms with Gasteiger partial charge in [-0.05, 0) is 46.0 Å². The molecule has 4 nitrogen and oxygen atoms in total. The summed E-state index contributed by atoms with van der Waals surface area (Å²) in [6, 6.07) is 0. The van der Waals surface area contributed by atoms with E-state index in [2.05, 4.69) is 0 Å². The molecule has 1 fully saturated rings. The number of hydrogen-bond acceptors (Lipinski definition) is 4. The number of carbonyl (C=O) groups excluding carboxylic acids is 1. The van der Waals surface area contributed by atoms with Crippen molar-refractivity contribution < 1.29 is 19.4 Å². The van der Waals surface area contributed by atoms with Gasteiger partial charge in [0.1, 0.15) is 0 Å². The second-order valence-electron chi connectivity index (χ2n) is 5.23. The van der Waals surface area contributed by atoms with Gasteiger partial charge in [-0.1, -0.05) is 20.3 Å². The standard InChI is InChI=1S/C13H24O4.C2H6/c1-4-16-12(15)13(2,3)17-9-10-6-5-7-11(14)8-10;1-2/h10-11,14H,4-9H2,1-3H3;1-2H3/t10-,11+;/m1./s1. The monoisotopic (exact) mass is 274 g/mol. The first-order chi connectivity index (χ1) is 8.95. The van der Waals surface area contributed by atoms with E-state index in [1.165, 1.54) is 0 Å². The van der Waals surface area contributed by atoms with Crippen molar-refractivity contribution in [2.45, 2.75) is 72.0 Å². The molecule has 4 heteroatoms. The smallest absolute Gasteiger partial charge is 0.337 e. The highest BCUT2D eigenvalue weighted by Gasteiger charge is 2.32. The van der Waals surface area contributed by atoms with Crippen LogP contribution in [-0.2, 0) is 14.3 Å². The van der Waals surface area contributed by atoms with Crippen LogP contribution in [0.4, 0.5) is 0 Å². The van der Waals surface area contributed by atoms with Crippen LogP contribution in [0, 0.1) is 5.92 Å². The van der Waals surface area contributed by atoms with Crippen LogP contribution in [0.1, 0.15) is 60.3 Å². The largest absolute Gasteiger partial charge is 0.464 e. The van der Waals surface area contributed by atoms with E-state index in [0.717, 1.165) is 25.7 Å². The third-order valence-electron chi connectivity index (χ3n) is 3.20. The van der Waals surface area contributed by atoms with Crippen molar-refractivity contribution in [2.24, 2.45) is 5.92 Å². The van der Waals surface area contributed by atoms with E-state index in [9.17, 15) is 9.90 Å². The SMILES string of the molecule is CC.CCOC(=O)C(C)(C)OC[C@@H]1CCC[C@H](O)C1. The van der Waals surface area contributed by atoms with Gasteiger partial charge >= 0.3 is 5.97 Å². The Kier molecular flexibility index (Phi) is 9.02. The lowest BCUT2D eigenvalue weighted by Gasteiger charge is -2.29. The summed E-state index contributed by atoms with van der Waals surface area (Å²) in [7, 11) is 0. The molecular formula is C15H30O4. The minimum atomic E-state index is -0.890. The summed E-state index contributed by atoms with van der Waals surface area (Å²) in [4.78, 5) is 11.6. The summed E-state index contributed by atoms with van der Waals surface area (Å²) < 4.78 is 10.6. The van der Waals surface area contributed by atoms with Gasteiger partial charge in [-0.15, -0.1) is 0 Å². The molecular weight excluding hydrogens is 244 g/mol. The summed E-state index contributed by atoms with van der Waals surface area (Å²) >= 11 is 0. The molecule has 2 atom stereocenters. The maximum atomic E-state index is 11.6. The van der Waals surface area contributed by atoms with Crippen molar-refractivity contribution in [1.82, 2.24) is 0 Å². The lowest BCUT2D eigenvalue weighted by molar-refractivity contribution is -0.169.